The summed E-state index contributed by atoms with van der Waals surface area (Å²) in [5.74, 6) is -2.83. The molecule has 4 atom stereocenters. The molecule has 0 fully saturated rings. The number of rotatable bonds is 12. The number of para-hydroxylation sites is 1. The van der Waals surface area contributed by atoms with Gasteiger partial charge in [0.2, 0.25) is 11.8 Å². The van der Waals surface area contributed by atoms with Gasteiger partial charge in [-0.05, 0) is 36.0 Å². The molecule has 1 heterocycles. The highest BCUT2D eigenvalue weighted by Crippen LogP contribution is 2.16. The Morgan fingerprint density at radius 3 is 2.18 bits per heavy atom. The first kappa shape index (κ1) is 29.3. The van der Waals surface area contributed by atoms with E-state index >= 15 is 0 Å². The first-order valence-corrected chi connectivity index (χ1v) is 13.1. The lowest BCUT2D eigenvalue weighted by Gasteiger charge is -2.28. The van der Waals surface area contributed by atoms with Gasteiger partial charge in [0.25, 0.3) is 5.56 Å². The van der Waals surface area contributed by atoms with Gasteiger partial charge in [0.05, 0.1) is 10.9 Å². The molecular weight excluding hydrogens is 500 g/mol. The average Bonchev–Trinajstić information content (AvgIpc) is 2.90. The maximum atomic E-state index is 13.8. The average molecular weight is 537 g/mol. The van der Waals surface area contributed by atoms with E-state index in [0.717, 1.165) is 4.57 Å². The highest BCUT2D eigenvalue weighted by Gasteiger charge is 2.33. The molecule has 1 aromatic heterocycles. The quantitative estimate of drug-likeness (QED) is 0.279. The van der Waals surface area contributed by atoms with Gasteiger partial charge >= 0.3 is 11.7 Å². The molecule has 0 bridgehead atoms. The van der Waals surface area contributed by atoms with Crippen LogP contribution in [0.4, 0.5) is 0 Å². The molecule has 0 radical (unpaired) electrons. The topological polar surface area (TPSA) is 150 Å². The molecule has 0 saturated carbocycles. The first-order valence-electron chi connectivity index (χ1n) is 13.1. The summed E-state index contributed by atoms with van der Waals surface area (Å²) in [6.07, 6.45) is 0.759. The van der Waals surface area contributed by atoms with E-state index < -0.39 is 47.2 Å². The largest absolute Gasteiger partial charge is 0.480 e. The van der Waals surface area contributed by atoms with Crippen molar-refractivity contribution in [3.8, 4) is 0 Å². The Balaban J connectivity index is 2.02. The molecule has 0 saturated heterocycles. The van der Waals surface area contributed by atoms with Crippen LogP contribution < -0.4 is 21.9 Å². The number of carbonyl (C=O) groups excluding carboxylic acids is 2. The molecule has 0 aliphatic carbocycles. The van der Waals surface area contributed by atoms with Crippen LogP contribution in [0, 0.1) is 11.8 Å². The van der Waals surface area contributed by atoms with Crippen LogP contribution in [0.1, 0.15) is 52.1 Å². The molecule has 10 heteroatoms. The number of carboxylic acids is 1. The maximum Gasteiger partial charge on any atom is 0.329 e. The minimum absolute atomic E-state index is 0.0183. The summed E-state index contributed by atoms with van der Waals surface area (Å²) in [5.41, 5.74) is -0.311. The number of H-pyrrole nitrogens is 1. The molecule has 10 nitrogen and oxygen atoms in total. The number of carboxylic acid groups (broad SMARTS) is 1. The van der Waals surface area contributed by atoms with Crippen LogP contribution in [-0.2, 0) is 20.8 Å². The van der Waals surface area contributed by atoms with Crippen molar-refractivity contribution < 1.29 is 19.5 Å². The Bertz CT molecular complexity index is 1430. The second-order valence-electron chi connectivity index (χ2n) is 10.3. The normalized spacial score (nSPS) is 14.4. The molecule has 0 aliphatic rings. The fraction of sp³-hybridized carbons (Fsp3) is 0.414. The van der Waals surface area contributed by atoms with Crippen molar-refractivity contribution in [1.29, 1.82) is 0 Å². The molecular formula is C29H36N4O6. The fourth-order valence-corrected chi connectivity index (χ4v) is 4.50. The molecule has 208 valence electrons. The van der Waals surface area contributed by atoms with Crippen LogP contribution in [0.5, 0.6) is 0 Å². The summed E-state index contributed by atoms with van der Waals surface area (Å²) < 4.78 is 0.884. The van der Waals surface area contributed by atoms with Crippen LogP contribution in [0.2, 0.25) is 0 Å². The van der Waals surface area contributed by atoms with E-state index in [4.69, 9.17) is 0 Å². The zero-order valence-electron chi connectivity index (χ0n) is 22.6. The van der Waals surface area contributed by atoms with Crippen LogP contribution in [0.15, 0.2) is 64.2 Å². The zero-order chi connectivity index (χ0) is 28.7. The van der Waals surface area contributed by atoms with Crippen molar-refractivity contribution in [2.45, 2.75) is 65.1 Å². The molecule has 4 N–H and O–H groups in total. The van der Waals surface area contributed by atoms with E-state index in [0.29, 0.717) is 17.5 Å². The van der Waals surface area contributed by atoms with E-state index in [2.05, 4.69) is 15.6 Å². The molecule has 2 amide bonds. The molecule has 0 spiro atoms. The number of nitrogens with one attached hydrogen (secondary N) is 3. The highest BCUT2D eigenvalue weighted by molar-refractivity contribution is 5.91. The van der Waals surface area contributed by atoms with Gasteiger partial charge in [-0.2, -0.15) is 0 Å². The molecule has 3 rings (SSSR count). The smallest absolute Gasteiger partial charge is 0.329 e. The molecule has 39 heavy (non-hydrogen) atoms. The van der Waals surface area contributed by atoms with Gasteiger partial charge in [-0.25, -0.2) is 14.2 Å². The number of fused-ring (bicyclic) bond motifs is 1. The minimum Gasteiger partial charge on any atom is -0.480 e. The summed E-state index contributed by atoms with van der Waals surface area (Å²) in [5, 5.41) is 15.1. The Morgan fingerprint density at radius 2 is 1.56 bits per heavy atom. The third-order valence-electron chi connectivity index (χ3n) is 6.84. The second kappa shape index (κ2) is 13.0. The van der Waals surface area contributed by atoms with Crippen molar-refractivity contribution in [2.24, 2.45) is 11.8 Å². The number of aromatic nitrogens is 2. The van der Waals surface area contributed by atoms with Crippen LogP contribution in [0.25, 0.3) is 10.9 Å². The lowest BCUT2D eigenvalue weighted by Crippen LogP contribution is -2.56. The maximum absolute atomic E-state index is 13.8. The number of hydrogen-bond acceptors (Lipinski definition) is 5. The van der Waals surface area contributed by atoms with Gasteiger partial charge in [0.1, 0.15) is 18.1 Å². The standard InChI is InChI=1S/C29H36N4O6/c1-5-18(4)24(26(35)30-22(28(37)38)15-17(2)3)32-25(34)23(16-19-11-7-6-8-12-19)33-27(36)20-13-9-10-14-21(20)31-29(33)39/h6-14,17-18,22-24H,5,15-16H2,1-4H3,(H,30,35)(H,31,39)(H,32,34)(H,37,38)/t18-,22+,23-,24+/m1/s1. The van der Waals surface area contributed by atoms with Gasteiger partial charge in [0.15, 0.2) is 0 Å². The van der Waals surface area contributed by atoms with Gasteiger partial charge in [-0.1, -0.05) is 76.6 Å². The van der Waals surface area contributed by atoms with Gasteiger partial charge in [0, 0.05) is 6.42 Å². The van der Waals surface area contributed by atoms with Gasteiger partial charge < -0.3 is 20.7 Å². The van der Waals surface area contributed by atoms with Crippen molar-refractivity contribution in [1.82, 2.24) is 20.2 Å². The Morgan fingerprint density at radius 1 is 0.923 bits per heavy atom. The third-order valence-corrected chi connectivity index (χ3v) is 6.84. The number of hydrogen-bond donors (Lipinski definition) is 4. The van der Waals surface area contributed by atoms with E-state index in [-0.39, 0.29) is 30.1 Å². The Kier molecular flexibility index (Phi) is 9.81. The number of benzene rings is 2. The lowest BCUT2D eigenvalue weighted by molar-refractivity contribution is -0.143. The van der Waals surface area contributed by atoms with Crippen molar-refractivity contribution >= 4 is 28.7 Å². The third kappa shape index (κ3) is 7.22. The predicted octanol–water partition coefficient (Wildman–Crippen LogP) is 2.62. The predicted molar refractivity (Wildman–Crippen MR) is 148 cm³/mol. The van der Waals surface area contributed by atoms with Crippen LogP contribution >= 0.6 is 0 Å². The molecule has 0 unspecified atom stereocenters. The van der Waals surface area contributed by atoms with Crippen LogP contribution in [0.3, 0.4) is 0 Å². The van der Waals surface area contributed by atoms with Gasteiger partial charge in [-0.15, -0.1) is 0 Å². The van der Waals surface area contributed by atoms with Gasteiger partial charge in [-0.3, -0.25) is 14.4 Å². The van der Waals surface area contributed by atoms with E-state index in [1.807, 2.05) is 26.8 Å². The van der Waals surface area contributed by atoms with Crippen molar-refractivity contribution in [2.75, 3.05) is 0 Å². The van der Waals surface area contributed by atoms with E-state index in [9.17, 15) is 29.1 Å². The summed E-state index contributed by atoms with van der Waals surface area (Å²) in [6.45, 7) is 7.32. The highest BCUT2D eigenvalue weighted by atomic mass is 16.4. The molecule has 0 aliphatic heterocycles. The van der Waals surface area contributed by atoms with Crippen molar-refractivity contribution in [3.63, 3.8) is 0 Å². The lowest BCUT2D eigenvalue weighted by atomic mass is 9.96. The first-order chi connectivity index (χ1) is 18.5. The van der Waals surface area contributed by atoms with Crippen LogP contribution in [-0.4, -0.2) is 44.5 Å². The fourth-order valence-electron chi connectivity index (χ4n) is 4.50. The number of nitrogens with zero attached hydrogens (tertiary/aromatic N) is 1. The Hall–Kier alpha value is -4.21. The van der Waals surface area contributed by atoms with E-state index in [1.165, 1.54) is 0 Å². The van der Waals surface area contributed by atoms with E-state index in [1.54, 1.807) is 55.5 Å². The SMILES string of the molecule is CC[C@@H](C)[C@H](NC(=O)[C@@H](Cc1ccccc1)n1c(=O)[nH]c2ccccc2c1=O)C(=O)N[C@@H](CC(C)C)C(=O)O. The zero-order valence-corrected chi connectivity index (χ0v) is 22.6. The second-order valence-corrected chi connectivity index (χ2v) is 10.3. The number of aliphatic carboxylic acids is 1. The van der Waals surface area contributed by atoms with Crippen molar-refractivity contribution in [3.05, 3.63) is 81.0 Å². The minimum atomic E-state index is -1.27. The summed E-state index contributed by atoms with van der Waals surface area (Å²) in [4.78, 5) is 68.0. The molecule has 3 aromatic rings. The summed E-state index contributed by atoms with van der Waals surface area (Å²) >= 11 is 0. The monoisotopic (exact) mass is 536 g/mol. The number of amides is 2. The summed E-state index contributed by atoms with van der Waals surface area (Å²) in [7, 11) is 0. The Labute approximate surface area is 226 Å². The molecule has 2 aromatic carbocycles. The number of carbonyl (C=O) groups is 3. The summed E-state index contributed by atoms with van der Waals surface area (Å²) in [6, 6.07) is 12.0. The number of aromatic amines is 1.